The van der Waals surface area contributed by atoms with Crippen molar-refractivity contribution in [3.63, 3.8) is 0 Å². The van der Waals surface area contributed by atoms with Crippen LogP contribution in [-0.4, -0.2) is 5.91 Å². The summed E-state index contributed by atoms with van der Waals surface area (Å²) in [5.74, 6) is -0.388. The van der Waals surface area contributed by atoms with Crippen LogP contribution in [0.15, 0.2) is 66.2 Å². The molecule has 0 bridgehead atoms. The third kappa shape index (κ3) is 5.98. The summed E-state index contributed by atoms with van der Waals surface area (Å²) in [6.07, 6.45) is 1.44. The zero-order valence-corrected chi connectivity index (χ0v) is 16.2. The van der Waals surface area contributed by atoms with Crippen molar-refractivity contribution in [2.45, 2.75) is 51.7 Å². The van der Waals surface area contributed by atoms with Crippen LogP contribution in [-0.2, 0) is 6.18 Å². The molecule has 0 aliphatic rings. The summed E-state index contributed by atoms with van der Waals surface area (Å²) in [5.41, 5.74) is 1.52. The predicted octanol–water partition coefficient (Wildman–Crippen LogP) is 6.70. The lowest BCUT2D eigenvalue weighted by molar-refractivity contribution is -0.137. The number of alkyl halides is 3. The highest BCUT2D eigenvalue weighted by Crippen LogP contribution is 2.30. The molecule has 2 aromatic carbocycles. The fourth-order valence-electron chi connectivity index (χ4n) is 3.04. The van der Waals surface area contributed by atoms with E-state index in [1.165, 1.54) is 12.1 Å². The summed E-state index contributed by atoms with van der Waals surface area (Å²) in [7, 11) is 0. The molecule has 2 nitrogen and oxygen atoms in total. The molecule has 0 fully saturated rings. The minimum absolute atomic E-state index is 0.209. The topological polar surface area (TPSA) is 29.1 Å². The largest absolute Gasteiger partial charge is 0.416 e. The van der Waals surface area contributed by atoms with E-state index in [1.807, 2.05) is 30.3 Å². The zero-order valence-electron chi connectivity index (χ0n) is 16.2. The molecule has 0 spiro atoms. The highest BCUT2D eigenvalue weighted by atomic mass is 19.4. The van der Waals surface area contributed by atoms with Crippen molar-refractivity contribution in [3.05, 3.63) is 82.9 Å². The maximum absolute atomic E-state index is 12.8. The average molecular weight is 389 g/mol. The van der Waals surface area contributed by atoms with Gasteiger partial charge in [0.15, 0.2) is 0 Å². The van der Waals surface area contributed by atoms with Crippen LogP contribution < -0.4 is 5.32 Å². The first-order chi connectivity index (χ1) is 13.4. The number of unbranched alkanes of at least 4 members (excludes halogenated alkanes) is 1. The summed E-state index contributed by atoms with van der Waals surface area (Å²) < 4.78 is 38.3. The second-order valence-electron chi connectivity index (χ2n) is 6.71. The number of carbonyl (C=O) groups is 1. The van der Waals surface area contributed by atoms with Gasteiger partial charge in [0.25, 0.3) is 5.91 Å². The molecule has 2 aromatic rings. The van der Waals surface area contributed by atoms with Gasteiger partial charge in [0.1, 0.15) is 0 Å². The fraction of sp³-hybridized carbons (Fsp3) is 0.348. The Morgan fingerprint density at radius 3 is 2.18 bits per heavy atom. The molecule has 2 rings (SSSR count). The number of benzene rings is 2. The number of carbonyl (C=O) groups excluding carboxylic acids is 1. The fourth-order valence-corrected chi connectivity index (χ4v) is 3.04. The van der Waals surface area contributed by atoms with E-state index in [-0.39, 0.29) is 17.5 Å². The molecule has 0 saturated heterocycles. The Bertz CT molecular complexity index is 780. The zero-order chi connectivity index (χ0) is 20.6. The molecule has 0 aliphatic carbocycles. The van der Waals surface area contributed by atoms with Crippen LogP contribution in [0.5, 0.6) is 0 Å². The number of hydrogen-bond donors (Lipinski definition) is 1. The van der Waals surface area contributed by atoms with Crippen molar-refractivity contribution in [1.82, 2.24) is 5.32 Å². The summed E-state index contributed by atoms with van der Waals surface area (Å²) in [4.78, 5) is 12.8. The Balaban J connectivity index is 2.30. The van der Waals surface area contributed by atoms with Crippen LogP contribution in [0, 0.1) is 0 Å². The minimum Gasteiger partial charge on any atom is -0.341 e. The van der Waals surface area contributed by atoms with Crippen LogP contribution in [0.2, 0.25) is 0 Å². The molecule has 1 N–H and O–H groups in total. The lowest BCUT2D eigenvalue weighted by atomic mass is 9.93. The smallest absolute Gasteiger partial charge is 0.341 e. The van der Waals surface area contributed by atoms with Crippen molar-refractivity contribution < 1.29 is 18.0 Å². The van der Waals surface area contributed by atoms with Gasteiger partial charge in [-0.3, -0.25) is 4.79 Å². The molecule has 0 unspecified atom stereocenters. The standard InChI is InChI=1S/C23H26F3NO/c1-3-5-10-17(9-4-2)21(18-11-7-6-8-12-18)27-22(28)19-13-15-20(16-14-19)23(24,25)26/h6-8,10-16,21H,3-5,9H2,1-2H3,(H,27,28)/t21-/m1/s1. The molecule has 0 radical (unpaired) electrons. The van der Waals surface area contributed by atoms with Gasteiger partial charge in [0.05, 0.1) is 11.6 Å². The van der Waals surface area contributed by atoms with E-state index in [2.05, 4.69) is 25.2 Å². The van der Waals surface area contributed by atoms with Crippen LogP contribution in [0.1, 0.15) is 67.1 Å². The lowest BCUT2D eigenvalue weighted by Gasteiger charge is -2.23. The van der Waals surface area contributed by atoms with E-state index in [0.29, 0.717) is 0 Å². The third-order valence-corrected chi connectivity index (χ3v) is 4.49. The Morgan fingerprint density at radius 1 is 1.00 bits per heavy atom. The van der Waals surface area contributed by atoms with Crippen molar-refractivity contribution in [2.75, 3.05) is 0 Å². The van der Waals surface area contributed by atoms with E-state index in [1.54, 1.807) is 0 Å². The Kier molecular flexibility index (Phi) is 7.85. The molecule has 1 atom stereocenters. The van der Waals surface area contributed by atoms with Gasteiger partial charge in [-0.15, -0.1) is 0 Å². The molecule has 28 heavy (non-hydrogen) atoms. The first-order valence-electron chi connectivity index (χ1n) is 9.58. The van der Waals surface area contributed by atoms with Crippen molar-refractivity contribution in [3.8, 4) is 0 Å². The van der Waals surface area contributed by atoms with Gasteiger partial charge in [-0.25, -0.2) is 0 Å². The quantitative estimate of drug-likeness (QED) is 0.500. The SMILES string of the molecule is CCCC=C(CCC)[C@@H](NC(=O)c1ccc(C(F)(F)F)cc1)c1ccccc1. The van der Waals surface area contributed by atoms with E-state index in [4.69, 9.17) is 0 Å². The highest BCUT2D eigenvalue weighted by molar-refractivity contribution is 5.94. The second-order valence-corrected chi connectivity index (χ2v) is 6.71. The number of halogens is 3. The summed E-state index contributed by atoms with van der Waals surface area (Å²) >= 11 is 0. The number of allylic oxidation sites excluding steroid dienone is 1. The number of rotatable bonds is 8. The van der Waals surface area contributed by atoms with Gasteiger partial charge >= 0.3 is 6.18 Å². The van der Waals surface area contributed by atoms with Gasteiger partial charge < -0.3 is 5.32 Å². The molecule has 150 valence electrons. The highest BCUT2D eigenvalue weighted by Gasteiger charge is 2.30. The Labute approximate surface area is 164 Å². The average Bonchev–Trinajstić information content (AvgIpc) is 2.69. The van der Waals surface area contributed by atoms with Gasteiger partial charge in [-0.1, -0.05) is 63.1 Å². The van der Waals surface area contributed by atoms with Crippen LogP contribution in [0.3, 0.4) is 0 Å². The summed E-state index contributed by atoms with van der Waals surface area (Å²) in [6, 6.07) is 13.6. The van der Waals surface area contributed by atoms with Gasteiger partial charge in [0, 0.05) is 5.56 Å². The van der Waals surface area contributed by atoms with E-state index >= 15 is 0 Å². The van der Waals surface area contributed by atoms with Crippen LogP contribution in [0.25, 0.3) is 0 Å². The molecular weight excluding hydrogens is 363 g/mol. The van der Waals surface area contributed by atoms with Crippen LogP contribution >= 0.6 is 0 Å². The van der Waals surface area contributed by atoms with E-state index in [9.17, 15) is 18.0 Å². The first-order valence-corrected chi connectivity index (χ1v) is 9.58. The number of hydrogen-bond acceptors (Lipinski definition) is 1. The minimum atomic E-state index is -4.42. The predicted molar refractivity (Wildman–Crippen MR) is 106 cm³/mol. The maximum atomic E-state index is 12.8. The first kappa shape index (κ1) is 21.7. The molecule has 1 amide bonds. The molecule has 0 aliphatic heterocycles. The van der Waals surface area contributed by atoms with Crippen molar-refractivity contribution in [1.29, 1.82) is 0 Å². The van der Waals surface area contributed by atoms with E-state index < -0.39 is 11.7 Å². The normalized spacial score (nSPS) is 13.2. The molecule has 0 aromatic heterocycles. The van der Waals surface area contributed by atoms with Gasteiger partial charge in [-0.05, 0) is 48.2 Å². The second kappa shape index (κ2) is 10.1. The van der Waals surface area contributed by atoms with Gasteiger partial charge in [-0.2, -0.15) is 13.2 Å². The lowest BCUT2D eigenvalue weighted by Crippen LogP contribution is -2.30. The number of nitrogens with one attached hydrogen (secondary N) is 1. The molecule has 0 heterocycles. The molecular formula is C23H26F3NO. The monoisotopic (exact) mass is 389 g/mol. The van der Waals surface area contributed by atoms with Crippen molar-refractivity contribution >= 4 is 5.91 Å². The van der Waals surface area contributed by atoms with Crippen molar-refractivity contribution in [2.24, 2.45) is 0 Å². The Morgan fingerprint density at radius 2 is 1.64 bits per heavy atom. The van der Waals surface area contributed by atoms with Crippen LogP contribution in [0.4, 0.5) is 13.2 Å². The summed E-state index contributed by atoms with van der Waals surface area (Å²) in [5, 5.41) is 3.01. The Hall–Kier alpha value is -2.56. The van der Waals surface area contributed by atoms with E-state index in [0.717, 1.165) is 49.0 Å². The molecule has 0 saturated carbocycles. The third-order valence-electron chi connectivity index (χ3n) is 4.49. The molecule has 5 heteroatoms. The van der Waals surface area contributed by atoms with Gasteiger partial charge in [0.2, 0.25) is 0 Å². The summed E-state index contributed by atoms with van der Waals surface area (Å²) in [6.45, 7) is 4.18. The maximum Gasteiger partial charge on any atom is 0.416 e. The number of amides is 1.